The zero-order valence-corrected chi connectivity index (χ0v) is 70.1. The zero-order chi connectivity index (χ0) is 79.9. The number of thiocarbonyl (C=S) groups is 3. The van der Waals surface area contributed by atoms with Crippen molar-refractivity contribution in [3.63, 3.8) is 0 Å². The van der Waals surface area contributed by atoms with E-state index < -0.39 is 34.7 Å². The molecule has 0 spiro atoms. The van der Waals surface area contributed by atoms with Crippen LogP contribution in [0.25, 0.3) is 10.6 Å². The minimum Gasteiger partial charge on any atom is -0.497 e. The van der Waals surface area contributed by atoms with Crippen LogP contribution < -0.4 is 20.1 Å². The molecule has 5 unspecified atom stereocenters. The lowest BCUT2D eigenvalue weighted by atomic mass is 9.99. The summed E-state index contributed by atoms with van der Waals surface area (Å²) in [6.07, 6.45) is 4.76. The number of aromatic nitrogens is 1. The number of carbonyl (C=O) groups is 6. The van der Waals surface area contributed by atoms with Crippen LogP contribution in [-0.2, 0) is 66.6 Å². The number of methoxy groups -OCH3 is 2. The predicted octanol–water partition coefficient (Wildman–Crippen LogP) is 15.2. The number of nitrogens with two attached hydrogens (primary N) is 1. The first kappa shape index (κ1) is 113. The standard InChI is InChI=1S/C16H21NO3S.C15H18N2O2S.C13H23NO4.C13H23NO3S.C9H16O4.C7H14N2OS.C5H10O.6CH4/c1-12(16(21)17-7-9-20-10-8-17)11-15(18)13-3-5-14(19-2)6-4-13;1-11-15(17-7-9-19-10-8-17)20-14(16-11)12-3-5-13(18-2)6-4-12;1-10(9-11(15)18-13(2,3)4)12(16)14-5-7-17-8-6-14;1-10(9-11(15)17-13(2,3)4)12(18)14-5-7-16-8-6-14;1-6(8(11)12)5-7(10)13-9(2,3)4;1-6(8)7(11)9-2-4-10-5-3-9;1-2-4-6-5-3-1;;;;;;/h3-6,12H,7-11H2,1-2H3;3-6H,7-10H2,1-2H3;2*10H,5-9H2,1-4H3;6H,5H2,1-4H3,(H,11,12);6H,2-5,8H2,1H3;1-5H2;6*1H4. The number of Topliss-reactive ketones (excluding diaryl/α,β-unsaturated/α-hetero) is 1. The van der Waals surface area contributed by atoms with E-state index in [2.05, 4.69) is 38.7 Å². The number of ketones is 1. The van der Waals surface area contributed by atoms with Gasteiger partial charge in [-0.2, -0.15) is 0 Å². The summed E-state index contributed by atoms with van der Waals surface area (Å²) >= 11 is 17.8. The van der Waals surface area contributed by atoms with Crippen molar-refractivity contribution >= 4 is 104 Å². The van der Waals surface area contributed by atoms with Crippen molar-refractivity contribution in [2.75, 3.05) is 164 Å². The average Bonchev–Trinajstić information content (AvgIpc) is 1.68. The molecule has 9 rings (SSSR count). The van der Waals surface area contributed by atoms with Gasteiger partial charge in [0.05, 0.1) is 132 Å². The number of thiazole rings is 1. The summed E-state index contributed by atoms with van der Waals surface area (Å²) in [4.78, 5) is 87.0. The molecule has 25 nitrogen and oxygen atoms in total. The molecule has 0 radical (unpaired) electrons. The molecule has 6 aliphatic heterocycles. The molecule has 6 saturated heterocycles. The van der Waals surface area contributed by atoms with Crippen molar-refractivity contribution in [1.82, 2.24) is 24.6 Å². The van der Waals surface area contributed by atoms with Gasteiger partial charge in [-0.15, -0.1) is 0 Å². The largest absolute Gasteiger partial charge is 0.497 e. The number of amides is 1. The Morgan fingerprint density at radius 2 is 0.779 bits per heavy atom. The highest BCUT2D eigenvalue weighted by Crippen LogP contribution is 2.35. The fourth-order valence-corrected chi connectivity index (χ4v) is 12.6. The highest BCUT2D eigenvalue weighted by Gasteiger charge is 2.29. The number of carbonyl (C=O) groups excluding carboxylic acids is 5. The Kier molecular flexibility index (Phi) is 59.6. The predicted molar refractivity (Wildman–Crippen MR) is 471 cm³/mol. The molecule has 29 heteroatoms. The maximum absolute atomic E-state index is 12.3. The van der Waals surface area contributed by atoms with Crippen LogP contribution in [0, 0.1) is 30.6 Å². The van der Waals surface area contributed by atoms with Crippen molar-refractivity contribution in [3.05, 3.63) is 59.8 Å². The van der Waals surface area contributed by atoms with E-state index in [0.29, 0.717) is 71.1 Å². The number of esters is 3. The summed E-state index contributed by atoms with van der Waals surface area (Å²) in [5.41, 5.74) is 7.10. The van der Waals surface area contributed by atoms with Crippen molar-refractivity contribution in [1.29, 1.82) is 0 Å². The summed E-state index contributed by atoms with van der Waals surface area (Å²) in [5, 5.41) is 10.8. The van der Waals surface area contributed by atoms with Gasteiger partial charge in [0, 0.05) is 114 Å². The van der Waals surface area contributed by atoms with Crippen LogP contribution in [0.2, 0.25) is 0 Å². The Hall–Kier alpha value is -6.12. The van der Waals surface area contributed by atoms with Crippen LogP contribution in [0.3, 0.4) is 0 Å². The number of anilines is 1. The lowest BCUT2D eigenvalue weighted by Crippen LogP contribution is -2.46. The molecule has 1 aromatic heterocycles. The second kappa shape index (κ2) is 59.5. The number of carboxylic acids is 1. The highest BCUT2D eigenvalue weighted by atomic mass is 32.1. The summed E-state index contributed by atoms with van der Waals surface area (Å²) in [6.45, 7) is 44.8. The van der Waals surface area contributed by atoms with E-state index >= 15 is 0 Å². The Labute approximate surface area is 701 Å². The molecule has 1 amide bonds. The van der Waals surface area contributed by atoms with Gasteiger partial charge in [0.15, 0.2) is 5.78 Å². The maximum Gasteiger partial charge on any atom is 0.307 e. The fourth-order valence-electron chi connectivity index (χ4n) is 10.8. The third kappa shape index (κ3) is 47.6. The Morgan fingerprint density at radius 3 is 1.11 bits per heavy atom. The van der Waals surface area contributed by atoms with E-state index in [9.17, 15) is 28.8 Å². The van der Waals surface area contributed by atoms with E-state index in [4.69, 9.17) is 105 Å². The van der Waals surface area contributed by atoms with Crippen LogP contribution >= 0.6 is 48.0 Å². The number of nitrogens with zero attached hydrogens (tertiary/aromatic N) is 6. The Balaban J connectivity index is -0.000000621. The third-order valence-corrected chi connectivity index (χ3v) is 19.7. The molecule has 3 N–H and O–H groups in total. The number of carboxylic acid groups (broad SMARTS) is 1. The first-order valence-electron chi connectivity index (χ1n) is 37.2. The first-order chi connectivity index (χ1) is 50.4. The van der Waals surface area contributed by atoms with Gasteiger partial charge in [0.2, 0.25) is 5.91 Å². The van der Waals surface area contributed by atoms with Crippen molar-refractivity contribution in [2.45, 2.75) is 216 Å². The van der Waals surface area contributed by atoms with Crippen LogP contribution in [-0.4, -0.2) is 262 Å². The van der Waals surface area contributed by atoms with Crippen molar-refractivity contribution in [3.8, 4) is 22.1 Å². The molecular weight excluding hydrogens is 1520 g/mol. The average molecular weight is 1670 g/mol. The molecule has 7 heterocycles. The number of aliphatic carboxylic acids is 1. The number of benzene rings is 2. The molecule has 0 saturated carbocycles. The highest BCUT2D eigenvalue weighted by molar-refractivity contribution is 7.80. The summed E-state index contributed by atoms with van der Waals surface area (Å²) < 4.78 is 57.2. The van der Waals surface area contributed by atoms with Crippen LogP contribution in [0.5, 0.6) is 11.5 Å². The molecule has 3 aromatic rings. The number of hydrogen-bond donors (Lipinski definition) is 2. The topological polar surface area (TPSA) is 279 Å². The third-order valence-electron chi connectivity index (χ3n) is 16.4. The summed E-state index contributed by atoms with van der Waals surface area (Å²) in [6, 6.07) is 15.2. The van der Waals surface area contributed by atoms with Gasteiger partial charge in [0.25, 0.3) is 0 Å². The number of morpholine rings is 5. The maximum atomic E-state index is 12.3. The molecule has 6 fully saturated rings. The normalized spacial score (nSPS) is 16.5. The van der Waals surface area contributed by atoms with E-state index in [1.165, 1.54) is 31.2 Å². The van der Waals surface area contributed by atoms with Gasteiger partial charge in [0.1, 0.15) is 38.3 Å². The van der Waals surface area contributed by atoms with E-state index in [-0.39, 0.29) is 105 Å². The Bertz CT molecular complexity index is 3070. The number of rotatable bonds is 18. The first-order valence-corrected chi connectivity index (χ1v) is 39.3. The van der Waals surface area contributed by atoms with Crippen LogP contribution in [0.4, 0.5) is 5.00 Å². The molecule has 5 atom stereocenters. The van der Waals surface area contributed by atoms with E-state index in [1.54, 1.807) is 82.4 Å². The molecule has 0 aliphatic carbocycles. The summed E-state index contributed by atoms with van der Waals surface area (Å²) in [7, 11) is 3.29. The van der Waals surface area contributed by atoms with E-state index in [0.717, 1.165) is 135 Å². The SMILES string of the molecule is C.C.C.C.C.C.C1CCOCC1.CC(CC(=O)OC(C)(C)C)C(=O)N1CCOCC1.CC(CC(=O)OC(C)(C)C)C(=O)O.CC(CC(=O)OC(C)(C)C)C(=S)N1CCOCC1.CC(N)C(=S)N1CCOCC1.COc1ccc(-c2nc(C)c(N3CCOCC3)s2)cc1.COc1ccc(C(=O)CC(C)C(=S)N2CCOCC2)cc1. The summed E-state index contributed by atoms with van der Waals surface area (Å²) in [5.74, 6) is -1.15. The van der Waals surface area contributed by atoms with E-state index in [1.807, 2.05) is 74.4 Å². The fraction of sp³-hybridized carbons (Fsp3) is 0.714. The zero-order valence-electron chi connectivity index (χ0n) is 66.8. The van der Waals surface area contributed by atoms with Gasteiger partial charge in [-0.3, -0.25) is 28.8 Å². The van der Waals surface area contributed by atoms with Gasteiger partial charge >= 0.3 is 23.9 Å². The van der Waals surface area contributed by atoms with Gasteiger partial charge in [-0.05, 0) is 144 Å². The number of ether oxygens (including phenoxy) is 11. The van der Waals surface area contributed by atoms with Crippen molar-refractivity contribution in [2.24, 2.45) is 29.4 Å². The van der Waals surface area contributed by atoms with Crippen LogP contribution in [0.15, 0.2) is 48.5 Å². The molecule has 6 aliphatic rings. The Morgan fingerprint density at radius 1 is 0.460 bits per heavy atom. The van der Waals surface area contributed by atoms with Crippen molar-refractivity contribution < 1.29 is 86.0 Å². The monoisotopic (exact) mass is 1670 g/mol. The lowest BCUT2D eigenvalue weighted by Gasteiger charge is -2.32. The van der Waals surface area contributed by atoms with Gasteiger partial charge in [-0.25, -0.2) is 4.98 Å². The minimum absolute atomic E-state index is 0. The molecular formula is C84H149N7O18S4. The lowest BCUT2D eigenvalue weighted by molar-refractivity contribution is -0.159. The van der Waals surface area contributed by atoms with Gasteiger partial charge < -0.3 is 87.4 Å². The number of hydrogen-bond acceptors (Lipinski definition) is 24. The number of aryl methyl sites for hydroxylation is 1. The molecule has 2 aromatic carbocycles. The molecule has 0 bridgehead atoms. The second-order valence-electron chi connectivity index (χ2n) is 29.6. The quantitative estimate of drug-likeness (QED) is 0.0518. The van der Waals surface area contributed by atoms with Crippen LogP contribution in [0.1, 0.15) is 202 Å². The smallest absolute Gasteiger partial charge is 0.307 e. The second-order valence-corrected chi connectivity index (χ2v) is 31.9. The molecule has 652 valence electrons. The minimum atomic E-state index is -0.981. The molecule has 113 heavy (non-hydrogen) atoms. The van der Waals surface area contributed by atoms with Gasteiger partial charge in [-0.1, -0.05) is 120 Å².